The first kappa shape index (κ1) is 20.1. The highest BCUT2D eigenvalue weighted by Gasteiger charge is 2.08. The number of halogens is 2. The van der Waals surface area contributed by atoms with Crippen LogP contribution in [0.25, 0.3) is 0 Å². The largest absolute Gasteiger partial charge is 1.00 e. The third-order valence-electron chi connectivity index (χ3n) is 1.64. The zero-order chi connectivity index (χ0) is 9.61. The molecule has 0 saturated heterocycles. The van der Waals surface area contributed by atoms with E-state index in [2.05, 4.69) is 46.2 Å². The molecule has 0 aromatic heterocycles. The van der Waals surface area contributed by atoms with Crippen molar-refractivity contribution < 1.29 is 21.5 Å². The van der Waals surface area contributed by atoms with Gasteiger partial charge in [-0.3, -0.25) is 4.99 Å². The van der Waals surface area contributed by atoms with Crippen LogP contribution in [0.3, 0.4) is 0 Å². The van der Waals surface area contributed by atoms with Crippen LogP contribution in [0.15, 0.2) is 4.99 Å². The van der Waals surface area contributed by atoms with Gasteiger partial charge in [-0.2, -0.15) is 0 Å². The fourth-order valence-electron chi connectivity index (χ4n) is 0.859. The monoisotopic (exact) mass is 328 g/mol. The van der Waals surface area contributed by atoms with E-state index in [9.17, 15) is 0 Å². The first-order chi connectivity index (χ1) is 5.45. The minimum Gasteiger partial charge on any atom is -1.00 e. The highest BCUT2D eigenvalue weighted by molar-refractivity contribution is 8.93. The van der Waals surface area contributed by atoms with Crippen molar-refractivity contribution in [3.05, 3.63) is 6.92 Å². The Bertz CT molecular complexity index is 142. The summed E-state index contributed by atoms with van der Waals surface area (Å²) in [4.78, 5) is 4.22. The standard InChI is InChI=1S/C10H21N2.2BrH/c1-6-8-11-10(2)7-9-12(3,4)5;;/h10H,1,6-7,9H2,2-5H3;2*1H/q+1;;/p-1. The molecule has 0 aliphatic heterocycles. The molecule has 0 N–H and O–H groups in total. The number of hydrogen-bond acceptors (Lipinski definition) is 1. The first-order valence-electron chi connectivity index (χ1n) is 4.48. The van der Waals surface area contributed by atoms with E-state index in [4.69, 9.17) is 0 Å². The summed E-state index contributed by atoms with van der Waals surface area (Å²) in [6, 6.07) is 0.393. The van der Waals surface area contributed by atoms with Crippen LogP contribution in [0.2, 0.25) is 0 Å². The van der Waals surface area contributed by atoms with Gasteiger partial charge in [0.2, 0.25) is 0 Å². The number of quaternary nitrogens is 1. The fourth-order valence-corrected chi connectivity index (χ4v) is 0.859. The van der Waals surface area contributed by atoms with Gasteiger partial charge in [0.15, 0.2) is 0 Å². The molecule has 4 heteroatoms. The molecule has 14 heavy (non-hydrogen) atoms. The summed E-state index contributed by atoms with van der Waals surface area (Å²) in [5.74, 6) is 0. The average molecular weight is 330 g/mol. The molecular formula is C10H22Br2N2. The molecule has 0 aliphatic carbocycles. The van der Waals surface area contributed by atoms with Crippen LogP contribution in [0.4, 0.5) is 0 Å². The molecule has 0 aromatic rings. The SMILES string of the molecule is Br.[Br-].[CH2]C/[C]=N/C(C)CC[N+](C)(C)C. The molecule has 0 heterocycles. The third-order valence-corrected chi connectivity index (χ3v) is 1.64. The number of rotatable bonds is 5. The Morgan fingerprint density at radius 3 is 2.21 bits per heavy atom. The highest BCUT2D eigenvalue weighted by Crippen LogP contribution is 2.01. The van der Waals surface area contributed by atoms with E-state index < -0.39 is 0 Å². The zero-order valence-corrected chi connectivity index (χ0v) is 12.9. The van der Waals surface area contributed by atoms with E-state index in [0.29, 0.717) is 12.5 Å². The Morgan fingerprint density at radius 1 is 1.36 bits per heavy atom. The second kappa shape index (κ2) is 10.1. The molecule has 0 amide bonds. The van der Waals surface area contributed by atoms with Crippen LogP contribution in [0.5, 0.6) is 0 Å². The van der Waals surface area contributed by atoms with Crippen LogP contribution in [-0.4, -0.2) is 44.4 Å². The Morgan fingerprint density at radius 2 is 1.86 bits per heavy atom. The molecule has 2 radical (unpaired) electrons. The van der Waals surface area contributed by atoms with Gasteiger partial charge in [-0.1, -0.05) is 0 Å². The van der Waals surface area contributed by atoms with Crippen LogP contribution < -0.4 is 17.0 Å². The molecule has 0 fully saturated rings. The van der Waals surface area contributed by atoms with Gasteiger partial charge in [0, 0.05) is 6.42 Å². The van der Waals surface area contributed by atoms with Gasteiger partial charge in [0.1, 0.15) is 0 Å². The number of nitrogens with zero attached hydrogens (tertiary/aromatic N) is 2. The lowest BCUT2D eigenvalue weighted by molar-refractivity contribution is -0.870. The van der Waals surface area contributed by atoms with Crippen molar-refractivity contribution in [2.24, 2.45) is 4.99 Å². The minimum atomic E-state index is 0. The maximum atomic E-state index is 4.22. The van der Waals surface area contributed by atoms with Gasteiger partial charge in [-0.25, -0.2) is 0 Å². The summed E-state index contributed by atoms with van der Waals surface area (Å²) in [5.41, 5.74) is 0. The summed E-state index contributed by atoms with van der Waals surface area (Å²) >= 11 is 0. The lowest BCUT2D eigenvalue weighted by atomic mass is 10.2. The summed E-state index contributed by atoms with van der Waals surface area (Å²) in [6.07, 6.45) is 4.69. The molecular weight excluding hydrogens is 308 g/mol. The Labute approximate surface area is 110 Å². The van der Waals surface area contributed by atoms with Crippen molar-refractivity contribution in [2.75, 3.05) is 27.7 Å². The molecule has 0 aliphatic rings. The van der Waals surface area contributed by atoms with E-state index in [1.807, 2.05) is 0 Å². The topological polar surface area (TPSA) is 12.4 Å². The lowest BCUT2D eigenvalue weighted by Crippen LogP contribution is -3.00. The summed E-state index contributed by atoms with van der Waals surface area (Å²) < 4.78 is 1.00. The molecule has 0 bridgehead atoms. The molecule has 1 unspecified atom stereocenters. The van der Waals surface area contributed by atoms with Crippen molar-refractivity contribution in [1.82, 2.24) is 0 Å². The van der Waals surface area contributed by atoms with Gasteiger partial charge in [0.05, 0.1) is 39.9 Å². The highest BCUT2D eigenvalue weighted by atomic mass is 79.9. The van der Waals surface area contributed by atoms with Gasteiger partial charge in [0.25, 0.3) is 0 Å². The first-order valence-corrected chi connectivity index (χ1v) is 4.48. The van der Waals surface area contributed by atoms with E-state index in [0.717, 1.165) is 17.4 Å². The van der Waals surface area contributed by atoms with Crippen molar-refractivity contribution in [3.8, 4) is 0 Å². The normalized spacial score (nSPS) is 13.2. The van der Waals surface area contributed by atoms with Crippen LogP contribution in [0.1, 0.15) is 19.8 Å². The maximum absolute atomic E-state index is 4.22. The fraction of sp³-hybridized carbons (Fsp3) is 0.800. The van der Waals surface area contributed by atoms with Gasteiger partial charge < -0.3 is 21.5 Å². The van der Waals surface area contributed by atoms with Crippen LogP contribution in [-0.2, 0) is 0 Å². The van der Waals surface area contributed by atoms with Crippen molar-refractivity contribution >= 4 is 23.2 Å². The summed E-state index contributed by atoms with van der Waals surface area (Å²) in [5, 5.41) is 0. The Balaban J connectivity index is -0.000000605. The van der Waals surface area contributed by atoms with Crippen molar-refractivity contribution in [2.45, 2.75) is 25.8 Å². The Hall–Kier alpha value is 0.590. The molecule has 0 saturated carbocycles. The summed E-state index contributed by atoms with van der Waals surface area (Å²) in [6.45, 7) is 6.94. The predicted octanol–water partition coefficient (Wildman–Crippen LogP) is -0.775. The zero-order valence-electron chi connectivity index (χ0n) is 9.59. The van der Waals surface area contributed by atoms with E-state index in [1.54, 1.807) is 0 Å². The molecule has 86 valence electrons. The predicted molar refractivity (Wildman–Crippen MR) is 64.7 cm³/mol. The van der Waals surface area contributed by atoms with Crippen LogP contribution >= 0.6 is 17.0 Å². The Kier molecular flexibility index (Phi) is 14.5. The van der Waals surface area contributed by atoms with Crippen molar-refractivity contribution in [1.29, 1.82) is 0 Å². The number of aliphatic imine (C=N–C) groups is 1. The maximum Gasteiger partial charge on any atom is 0.0801 e. The number of hydrogen-bond donors (Lipinski definition) is 0. The molecule has 0 spiro atoms. The third kappa shape index (κ3) is 15.1. The van der Waals surface area contributed by atoms with Crippen molar-refractivity contribution in [3.63, 3.8) is 0 Å². The average Bonchev–Trinajstić information content (AvgIpc) is 1.95. The van der Waals surface area contributed by atoms with E-state index >= 15 is 0 Å². The molecule has 0 aromatic carbocycles. The van der Waals surface area contributed by atoms with Gasteiger partial charge in [-0.05, 0) is 20.3 Å². The van der Waals surface area contributed by atoms with Gasteiger partial charge in [-0.15, -0.1) is 17.0 Å². The van der Waals surface area contributed by atoms with Crippen LogP contribution in [0, 0.1) is 6.92 Å². The van der Waals surface area contributed by atoms with E-state index in [-0.39, 0.29) is 34.0 Å². The van der Waals surface area contributed by atoms with E-state index in [1.165, 1.54) is 0 Å². The quantitative estimate of drug-likeness (QED) is 0.464. The second-order valence-corrected chi connectivity index (χ2v) is 4.19. The molecule has 1 atom stereocenters. The lowest BCUT2D eigenvalue weighted by Gasteiger charge is -2.24. The molecule has 2 nitrogen and oxygen atoms in total. The second-order valence-electron chi connectivity index (χ2n) is 4.19. The van der Waals surface area contributed by atoms with Gasteiger partial charge >= 0.3 is 0 Å². The molecule has 0 rings (SSSR count). The summed E-state index contributed by atoms with van der Waals surface area (Å²) in [7, 11) is 6.59. The minimum absolute atomic E-state index is 0. The smallest absolute Gasteiger partial charge is 0.0801 e.